The molecule has 0 aliphatic rings. The minimum absolute atomic E-state index is 0.172. The molecule has 0 unspecified atom stereocenters. The Morgan fingerprint density at radius 3 is 1.63 bits per heavy atom. The molecule has 3 aromatic rings. The molecule has 0 aromatic heterocycles. The third kappa shape index (κ3) is 10.1. The first-order chi connectivity index (χ1) is 21.9. The monoisotopic (exact) mass is 622 g/mol. The van der Waals surface area contributed by atoms with Crippen molar-refractivity contribution in [3.8, 4) is 39.9 Å². The van der Waals surface area contributed by atoms with Gasteiger partial charge >= 0.3 is 23.9 Å². The van der Waals surface area contributed by atoms with Crippen LogP contribution in [0, 0.1) is 0 Å². The Kier molecular flexibility index (Phi) is 12.2. The van der Waals surface area contributed by atoms with E-state index in [0.717, 1.165) is 0 Å². The predicted octanol–water partition coefficient (Wildman–Crippen LogP) is 7.37. The van der Waals surface area contributed by atoms with Crippen molar-refractivity contribution >= 4 is 30.0 Å². The largest absolute Gasteiger partial charge is 0.489 e. The van der Waals surface area contributed by atoms with Crippen LogP contribution in [0.5, 0.6) is 28.7 Å². The van der Waals surface area contributed by atoms with E-state index in [9.17, 15) is 19.2 Å². The Balaban J connectivity index is 1.95. The SMILES string of the molecule is C=C(C)C(=O)Oc1ccc(OC(=O)/C=C/c2cc(OC(=O)C(=C)C)c(-c3ccc(OC(=O)C(=C)C)cc3)cc2OC/C=C/C)cc1. The van der Waals surface area contributed by atoms with E-state index in [1.165, 1.54) is 50.3 Å². The molecule has 0 N–H and O–H groups in total. The first-order valence-corrected chi connectivity index (χ1v) is 14.0. The van der Waals surface area contributed by atoms with Crippen molar-refractivity contribution in [1.29, 1.82) is 0 Å². The minimum Gasteiger partial charge on any atom is -0.489 e. The molecule has 0 saturated heterocycles. The molecule has 0 aliphatic carbocycles. The lowest BCUT2D eigenvalue weighted by Crippen LogP contribution is -2.10. The highest BCUT2D eigenvalue weighted by atomic mass is 16.5. The van der Waals surface area contributed by atoms with Gasteiger partial charge in [0.1, 0.15) is 35.4 Å². The van der Waals surface area contributed by atoms with Crippen LogP contribution in [0.4, 0.5) is 0 Å². The van der Waals surface area contributed by atoms with Crippen LogP contribution in [0.3, 0.4) is 0 Å². The number of allylic oxidation sites excluding steroid dienone is 1. The van der Waals surface area contributed by atoms with Gasteiger partial charge in [-0.25, -0.2) is 19.2 Å². The number of ether oxygens (including phenoxy) is 5. The van der Waals surface area contributed by atoms with E-state index in [1.807, 2.05) is 13.0 Å². The number of carbonyl (C=O) groups excluding carboxylic acids is 4. The van der Waals surface area contributed by atoms with Crippen molar-refractivity contribution in [3.05, 3.63) is 121 Å². The fourth-order valence-corrected chi connectivity index (χ4v) is 3.54. The zero-order valence-corrected chi connectivity index (χ0v) is 26.1. The van der Waals surface area contributed by atoms with E-state index in [2.05, 4.69) is 19.7 Å². The average molecular weight is 623 g/mol. The van der Waals surface area contributed by atoms with Crippen LogP contribution in [0.1, 0.15) is 33.3 Å². The standard InChI is InChI=1S/C37H34O9/c1-8-9-20-42-32-22-31(26-10-13-29(14-11-26)44-35(39)23(2)3)33(46-37(41)25(6)7)21-27(32)12-19-34(38)43-28-15-17-30(18-16-28)45-36(40)24(4)5/h8-19,21-22H,2,4,6,20H2,1,3,5,7H3/b9-8+,19-12+. The second-order valence-electron chi connectivity index (χ2n) is 10.0. The highest BCUT2D eigenvalue weighted by Gasteiger charge is 2.17. The number of rotatable bonds is 13. The van der Waals surface area contributed by atoms with Gasteiger partial charge < -0.3 is 23.7 Å². The zero-order valence-electron chi connectivity index (χ0n) is 26.1. The first-order valence-electron chi connectivity index (χ1n) is 14.0. The van der Waals surface area contributed by atoms with E-state index < -0.39 is 23.9 Å². The molecule has 0 heterocycles. The van der Waals surface area contributed by atoms with Gasteiger partial charge in [-0.05, 0) is 87.9 Å². The minimum atomic E-state index is -0.699. The Bertz CT molecular complexity index is 1720. The number of carbonyl (C=O) groups is 4. The van der Waals surface area contributed by atoms with Gasteiger partial charge in [-0.2, -0.15) is 0 Å². The summed E-state index contributed by atoms with van der Waals surface area (Å²) in [5.41, 5.74) is 2.23. The fraction of sp³-hybridized carbons (Fsp3) is 0.135. The van der Waals surface area contributed by atoms with Crippen LogP contribution >= 0.6 is 0 Å². The Hall–Kier alpha value is -5.96. The highest BCUT2D eigenvalue weighted by Crippen LogP contribution is 2.38. The fourth-order valence-electron chi connectivity index (χ4n) is 3.54. The summed E-state index contributed by atoms with van der Waals surface area (Å²) in [5, 5.41) is 0. The number of hydrogen-bond donors (Lipinski definition) is 0. The third-order valence-corrected chi connectivity index (χ3v) is 5.96. The molecule has 9 heteroatoms. The average Bonchev–Trinajstić information content (AvgIpc) is 3.02. The molecule has 3 rings (SSSR count). The Labute approximate surface area is 267 Å². The van der Waals surface area contributed by atoms with E-state index in [1.54, 1.807) is 49.4 Å². The second-order valence-corrected chi connectivity index (χ2v) is 10.0. The van der Waals surface area contributed by atoms with Crippen molar-refractivity contribution in [2.75, 3.05) is 6.61 Å². The van der Waals surface area contributed by atoms with Crippen LogP contribution < -0.4 is 23.7 Å². The van der Waals surface area contributed by atoms with Gasteiger partial charge in [0, 0.05) is 33.9 Å². The number of benzene rings is 3. The summed E-state index contributed by atoms with van der Waals surface area (Å²) >= 11 is 0. The normalized spacial score (nSPS) is 10.7. The molecule has 46 heavy (non-hydrogen) atoms. The Morgan fingerprint density at radius 1 is 0.652 bits per heavy atom. The summed E-state index contributed by atoms with van der Waals surface area (Å²) < 4.78 is 27.5. The van der Waals surface area contributed by atoms with Gasteiger partial charge in [0.2, 0.25) is 0 Å². The summed E-state index contributed by atoms with van der Waals surface area (Å²) in [4.78, 5) is 48.9. The zero-order chi connectivity index (χ0) is 33.8. The van der Waals surface area contributed by atoms with E-state index in [-0.39, 0.29) is 40.6 Å². The quantitative estimate of drug-likeness (QED) is 0.0834. The molecule has 0 aliphatic heterocycles. The predicted molar refractivity (Wildman–Crippen MR) is 175 cm³/mol. The van der Waals surface area contributed by atoms with Crippen molar-refractivity contribution in [3.63, 3.8) is 0 Å². The molecule has 0 bridgehead atoms. The van der Waals surface area contributed by atoms with Crippen molar-refractivity contribution in [2.24, 2.45) is 0 Å². The summed E-state index contributed by atoms with van der Waals surface area (Å²) in [6.07, 6.45) is 6.30. The molecule has 3 aromatic carbocycles. The summed E-state index contributed by atoms with van der Waals surface area (Å²) in [6, 6.07) is 15.8. The van der Waals surface area contributed by atoms with E-state index >= 15 is 0 Å². The van der Waals surface area contributed by atoms with Crippen LogP contribution in [0.15, 0.2) is 115 Å². The smallest absolute Gasteiger partial charge is 0.338 e. The maximum absolute atomic E-state index is 12.7. The highest BCUT2D eigenvalue weighted by molar-refractivity contribution is 5.93. The summed E-state index contributed by atoms with van der Waals surface area (Å²) in [6.45, 7) is 17.5. The second kappa shape index (κ2) is 16.2. The maximum atomic E-state index is 12.7. The summed E-state index contributed by atoms with van der Waals surface area (Å²) in [7, 11) is 0. The molecular formula is C37H34O9. The number of hydrogen-bond acceptors (Lipinski definition) is 9. The molecule has 9 nitrogen and oxygen atoms in total. The van der Waals surface area contributed by atoms with Gasteiger partial charge in [0.25, 0.3) is 0 Å². The summed E-state index contributed by atoms with van der Waals surface area (Å²) in [5.74, 6) is -1.12. The van der Waals surface area contributed by atoms with Gasteiger partial charge in [0.05, 0.1) is 0 Å². The molecule has 0 fully saturated rings. The molecule has 0 saturated carbocycles. The van der Waals surface area contributed by atoms with Crippen LogP contribution in [-0.4, -0.2) is 30.5 Å². The van der Waals surface area contributed by atoms with Crippen LogP contribution in [0.2, 0.25) is 0 Å². The lowest BCUT2D eigenvalue weighted by atomic mass is 10.0. The molecule has 0 amide bonds. The van der Waals surface area contributed by atoms with Gasteiger partial charge in [-0.1, -0.05) is 44.0 Å². The topological polar surface area (TPSA) is 114 Å². The molecule has 0 spiro atoms. The third-order valence-electron chi connectivity index (χ3n) is 5.96. The lowest BCUT2D eigenvalue weighted by Gasteiger charge is -2.16. The number of esters is 4. The molecular weight excluding hydrogens is 588 g/mol. The van der Waals surface area contributed by atoms with Crippen LogP contribution in [-0.2, 0) is 19.2 Å². The van der Waals surface area contributed by atoms with Crippen molar-refractivity contribution in [2.45, 2.75) is 27.7 Å². The maximum Gasteiger partial charge on any atom is 0.338 e. The van der Waals surface area contributed by atoms with Crippen LogP contribution in [0.25, 0.3) is 17.2 Å². The Morgan fingerprint density at radius 2 is 1.13 bits per heavy atom. The first kappa shape index (κ1) is 34.5. The van der Waals surface area contributed by atoms with E-state index in [0.29, 0.717) is 28.2 Å². The lowest BCUT2D eigenvalue weighted by molar-refractivity contribution is -0.131. The van der Waals surface area contributed by atoms with Crippen molar-refractivity contribution in [1.82, 2.24) is 0 Å². The molecule has 236 valence electrons. The van der Waals surface area contributed by atoms with Gasteiger partial charge in [-0.3, -0.25) is 0 Å². The van der Waals surface area contributed by atoms with E-state index in [4.69, 9.17) is 23.7 Å². The van der Waals surface area contributed by atoms with Gasteiger partial charge in [-0.15, -0.1) is 0 Å². The van der Waals surface area contributed by atoms with Crippen molar-refractivity contribution < 1.29 is 42.9 Å². The molecule has 0 atom stereocenters. The van der Waals surface area contributed by atoms with Gasteiger partial charge in [0.15, 0.2) is 0 Å². The molecule has 0 radical (unpaired) electrons.